The first-order valence-electron chi connectivity index (χ1n) is 2.60. The van der Waals surface area contributed by atoms with Crippen molar-refractivity contribution in [2.24, 2.45) is 9.98 Å². The van der Waals surface area contributed by atoms with Crippen LogP contribution in [-0.2, 0) is 9.59 Å². The normalized spacial score (nSPS) is 11.0. The van der Waals surface area contributed by atoms with Crippen LogP contribution in [0.1, 0.15) is 0 Å². The number of thioether (sulfide) groups is 2. The second-order valence-electron chi connectivity index (χ2n) is 1.31. The van der Waals surface area contributed by atoms with E-state index in [1.165, 1.54) is 35.7 Å². The third-order valence-electron chi connectivity index (χ3n) is 0.706. The molecule has 11 heavy (non-hydrogen) atoms. The highest BCUT2D eigenvalue weighted by Gasteiger charge is 2.02. The van der Waals surface area contributed by atoms with Crippen LogP contribution in [0.25, 0.3) is 0 Å². The second-order valence-corrected chi connectivity index (χ2v) is 3.56. The molecule has 0 rings (SSSR count). The third-order valence-corrected chi connectivity index (χ3v) is 2.87. The number of hydrogen-bond acceptors (Lipinski definition) is 6. The van der Waals surface area contributed by atoms with E-state index >= 15 is 0 Å². The van der Waals surface area contributed by atoms with Gasteiger partial charge < -0.3 is 0 Å². The highest BCUT2D eigenvalue weighted by Crippen LogP contribution is 2.21. The monoisotopic (exact) mass is 190 g/mol. The summed E-state index contributed by atoms with van der Waals surface area (Å²) >= 11 is 2.66. The molecule has 0 bridgehead atoms. The Morgan fingerprint density at radius 3 is 2.64 bits per heavy atom. The molecule has 0 radical (unpaired) electrons. The van der Waals surface area contributed by atoms with Gasteiger partial charge >= 0.3 is 0 Å². The third kappa shape index (κ3) is 5.88. The molecule has 1 atom stereocenters. The Balaban J connectivity index is 3.68. The van der Waals surface area contributed by atoms with E-state index in [4.69, 9.17) is 0 Å². The Hall–Kier alpha value is -0.540. The van der Waals surface area contributed by atoms with Crippen LogP contribution in [0.4, 0.5) is 0 Å². The van der Waals surface area contributed by atoms with Gasteiger partial charge in [-0.05, 0) is 6.26 Å². The molecule has 0 saturated heterocycles. The van der Waals surface area contributed by atoms with Gasteiger partial charge in [-0.15, -0.1) is 11.8 Å². The average Bonchev–Trinajstić information content (AvgIpc) is 2.03. The van der Waals surface area contributed by atoms with Crippen LogP contribution in [0, 0.1) is 0 Å². The standard InChI is InChI=1S/C5H6N2O2S2/c1-10-5(7-3-9)11-4-6-2-8/h5H,4H2,1H3. The summed E-state index contributed by atoms with van der Waals surface area (Å²) in [6.45, 7) is 0. The van der Waals surface area contributed by atoms with E-state index < -0.39 is 0 Å². The van der Waals surface area contributed by atoms with Crippen LogP contribution in [0.3, 0.4) is 0 Å². The fraction of sp³-hybridized carbons (Fsp3) is 0.600. The summed E-state index contributed by atoms with van der Waals surface area (Å²) in [5.74, 6) is 0.278. The first-order chi connectivity index (χ1) is 5.35. The van der Waals surface area contributed by atoms with Crippen molar-refractivity contribution in [3.63, 3.8) is 0 Å². The molecule has 0 aliphatic heterocycles. The quantitative estimate of drug-likeness (QED) is 0.368. The lowest BCUT2D eigenvalue weighted by atomic mass is 11.3. The molecule has 0 aromatic heterocycles. The van der Waals surface area contributed by atoms with Crippen molar-refractivity contribution in [1.82, 2.24) is 0 Å². The van der Waals surface area contributed by atoms with Gasteiger partial charge in [-0.25, -0.2) is 9.59 Å². The average molecular weight is 190 g/mol. The molecule has 0 fully saturated rings. The highest BCUT2D eigenvalue weighted by molar-refractivity contribution is 8.16. The van der Waals surface area contributed by atoms with Crippen LogP contribution in [0.2, 0.25) is 0 Å². The van der Waals surface area contributed by atoms with Crippen LogP contribution < -0.4 is 0 Å². The molecule has 0 heterocycles. The van der Waals surface area contributed by atoms with Crippen molar-refractivity contribution in [3.8, 4) is 0 Å². The predicted octanol–water partition coefficient (Wildman–Crippen LogP) is 0.995. The van der Waals surface area contributed by atoms with Crippen molar-refractivity contribution in [3.05, 3.63) is 0 Å². The molecule has 60 valence electrons. The molecule has 0 aromatic carbocycles. The number of rotatable bonds is 5. The molecule has 0 aliphatic rings. The molecule has 0 aliphatic carbocycles. The summed E-state index contributed by atoms with van der Waals surface area (Å²) in [6.07, 6.45) is 4.64. The zero-order valence-electron chi connectivity index (χ0n) is 5.81. The maximum Gasteiger partial charge on any atom is 0.236 e. The smallest absolute Gasteiger partial charge is 0.211 e. The van der Waals surface area contributed by atoms with E-state index in [0.717, 1.165) is 0 Å². The van der Waals surface area contributed by atoms with E-state index in [-0.39, 0.29) is 10.6 Å². The summed E-state index contributed by atoms with van der Waals surface area (Å²) < 4.78 is -0.218. The Bertz CT molecular complexity index is 197. The molecular weight excluding hydrogens is 184 g/mol. The first kappa shape index (κ1) is 10.5. The lowest BCUT2D eigenvalue weighted by molar-refractivity contribution is 0.563. The van der Waals surface area contributed by atoms with E-state index in [1.54, 1.807) is 0 Å². The lowest BCUT2D eigenvalue weighted by Crippen LogP contribution is -1.90. The van der Waals surface area contributed by atoms with Crippen molar-refractivity contribution >= 4 is 35.7 Å². The van der Waals surface area contributed by atoms with Gasteiger partial charge in [-0.2, -0.15) is 9.98 Å². The summed E-state index contributed by atoms with van der Waals surface area (Å²) in [5, 5.41) is 0. The van der Waals surface area contributed by atoms with Gasteiger partial charge in [-0.1, -0.05) is 11.8 Å². The fourth-order valence-electron chi connectivity index (χ4n) is 0.328. The maximum absolute atomic E-state index is 9.78. The largest absolute Gasteiger partial charge is 0.236 e. The number of isocyanates is 2. The van der Waals surface area contributed by atoms with E-state index in [9.17, 15) is 9.59 Å². The zero-order chi connectivity index (χ0) is 8.53. The maximum atomic E-state index is 9.78. The molecule has 1 unspecified atom stereocenters. The van der Waals surface area contributed by atoms with Crippen molar-refractivity contribution < 1.29 is 9.59 Å². The van der Waals surface area contributed by atoms with Crippen molar-refractivity contribution in [2.75, 3.05) is 12.1 Å². The van der Waals surface area contributed by atoms with Gasteiger partial charge in [-0.3, -0.25) is 0 Å². The minimum absolute atomic E-state index is 0.218. The van der Waals surface area contributed by atoms with Crippen LogP contribution in [-0.4, -0.2) is 29.0 Å². The van der Waals surface area contributed by atoms with Gasteiger partial charge in [0.2, 0.25) is 12.2 Å². The van der Waals surface area contributed by atoms with Gasteiger partial charge in [0.05, 0.1) is 5.88 Å². The molecule has 0 saturated carbocycles. The van der Waals surface area contributed by atoms with Gasteiger partial charge in [0.15, 0.2) is 4.71 Å². The minimum Gasteiger partial charge on any atom is -0.211 e. The molecule has 4 nitrogen and oxygen atoms in total. The molecular formula is C5H6N2O2S2. The van der Waals surface area contributed by atoms with Crippen molar-refractivity contribution in [1.29, 1.82) is 0 Å². The van der Waals surface area contributed by atoms with Gasteiger partial charge in [0.25, 0.3) is 0 Å². The Labute approximate surface area is 72.6 Å². The molecule has 6 heteroatoms. The predicted molar refractivity (Wildman–Crippen MR) is 46.0 cm³/mol. The van der Waals surface area contributed by atoms with E-state index in [1.807, 2.05) is 6.26 Å². The number of carbonyl (C=O) groups excluding carboxylic acids is 2. The zero-order valence-corrected chi connectivity index (χ0v) is 7.44. The minimum atomic E-state index is -0.218. The van der Waals surface area contributed by atoms with E-state index in [0.29, 0.717) is 0 Å². The summed E-state index contributed by atoms with van der Waals surface area (Å²) in [7, 11) is 0. The van der Waals surface area contributed by atoms with Crippen molar-refractivity contribution in [2.45, 2.75) is 4.71 Å². The van der Waals surface area contributed by atoms with Gasteiger partial charge in [0.1, 0.15) is 0 Å². The highest BCUT2D eigenvalue weighted by atomic mass is 32.2. The number of nitrogens with zero attached hydrogens (tertiary/aromatic N) is 2. The topological polar surface area (TPSA) is 58.9 Å². The first-order valence-corrected chi connectivity index (χ1v) is 4.93. The molecule has 0 N–H and O–H groups in total. The summed E-state index contributed by atoms with van der Waals surface area (Å²) in [5.41, 5.74) is 0. The fourth-order valence-corrected chi connectivity index (χ4v) is 1.58. The number of hydrogen-bond donors (Lipinski definition) is 0. The Morgan fingerprint density at radius 2 is 2.18 bits per heavy atom. The lowest BCUT2D eigenvalue weighted by Gasteiger charge is -2.01. The Morgan fingerprint density at radius 1 is 1.45 bits per heavy atom. The summed E-state index contributed by atoms with van der Waals surface area (Å²) in [4.78, 5) is 26.1. The number of aliphatic imine (C=N–C) groups is 2. The van der Waals surface area contributed by atoms with Crippen LogP contribution in [0.5, 0.6) is 0 Å². The molecule has 0 amide bonds. The van der Waals surface area contributed by atoms with Crippen LogP contribution >= 0.6 is 23.5 Å². The Kier molecular flexibility index (Phi) is 7.19. The molecule has 0 aromatic rings. The SMILES string of the molecule is CSC(N=C=O)SCN=C=O. The van der Waals surface area contributed by atoms with Gasteiger partial charge in [0, 0.05) is 0 Å². The molecule has 0 spiro atoms. The second kappa shape index (κ2) is 7.57. The summed E-state index contributed by atoms with van der Waals surface area (Å²) in [6, 6.07) is 0. The van der Waals surface area contributed by atoms with Crippen LogP contribution in [0.15, 0.2) is 9.98 Å². The van der Waals surface area contributed by atoms with E-state index in [2.05, 4.69) is 9.98 Å².